The molecule has 3 aromatic rings. The third kappa shape index (κ3) is 7.25. The van der Waals surface area contributed by atoms with E-state index in [1.165, 1.54) is 6.92 Å². The summed E-state index contributed by atoms with van der Waals surface area (Å²) in [6.07, 6.45) is 0. The molecule has 0 aliphatic carbocycles. The molecular weight excluding hydrogens is 456 g/mol. The molecule has 0 saturated heterocycles. The lowest BCUT2D eigenvalue weighted by Crippen LogP contribution is -2.22. The second-order valence-corrected chi connectivity index (χ2v) is 7.67. The second kappa shape index (κ2) is 11.7. The van der Waals surface area contributed by atoms with E-state index < -0.39 is 0 Å². The zero-order chi connectivity index (χ0) is 24.5. The van der Waals surface area contributed by atoms with Crippen molar-refractivity contribution in [1.29, 1.82) is 0 Å². The van der Waals surface area contributed by atoms with E-state index in [4.69, 9.17) is 16.3 Å². The second-order valence-electron chi connectivity index (χ2n) is 7.27. The van der Waals surface area contributed by atoms with E-state index in [9.17, 15) is 14.4 Å². The molecule has 8 nitrogen and oxygen atoms in total. The zero-order valence-corrected chi connectivity index (χ0v) is 19.5. The van der Waals surface area contributed by atoms with E-state index >= 15 is 0 Å². The Morgan fingerprint density at radius 2 is 1.44 bits per heavy atom. The van der Waals surface area contributed by atoms with Crippen LogP contribution in [-0.4, -0.2) is 30.9 Å². The topological polar surface area (TPSA) is 109 Å². The standard InChI is InChI=1S/C25H25ClN4O4/c1-3-34-21-11-8-19(9-12-21)30-25(33)17-4-6-18(7-5-17)29-24(32)15-27-23-14-20(28-16(2)31)10-13-22(23)26/h4-14,27H,3,15H2,1-2H3,(H,28,31)(H,29,32)(H,30,33). The predicted octanol–water partition coefficient (Wildman–Crippen LogP) is 5.00. The van der Waals surface area contributed by atoms with Gasteiger partial charge in [0.05, 0.1) is 23.9 Å². The molecule has 0 aliphatic rings. The summed E-state index contributed by atoms with van der Waals surface area (Å²) in [5.41, 5.74) is 2.73. The smallest absolute Gasteiger partial charge is 0.255 e. The van der Waals surface area contributed by atoms with Crippen LogP contribution in [0, 0.1) is 0 Å². The number of halogens is 1. The van der Waals surface area contributed by atoms with Gasteiger partial charge in [0.1, 0.15) is 5.75 Å². The Balaban J connectivity index is 1.52. The third-order valence-electron chi connectivity index (χ3n) is 4.58. The van der Waals surface area contributed by atoms with Crippen molar-refractivity contribution in [3.05, 3.63) is 77.3 Å². The Morgan fingerprint density at radius 3 is 2.09 bits per heavy atom. The van der Waals surface area contributed by atoms with E-state index in [1.807, 2.05) is 6.92 Å². The number of hydrogen-bond acceptors (Lipinski definition) is 5. The van der Waals surface area contributed by atoms with Crippen LogP contribution in [0.15, 0.2) is 66.7 Å². The number of nitrogens with one attached hydrogen (secondary N) is 4. The van der Waals surface area contributed by atoms with Gasteiger partial charge in [0.25, 0.3) is 5.91 Å². The van der Waals surface area contributed by atoms with Crippen molar-refractivity contribution in [2.24, 2.45) is 0 Å². The van der Waals surface area contributed by atoms with Gasteiger partial charge in [0, 0.05) is 29.5 Å². The van der Waals surface area contributed by atoms with Gasteiger partial charge >= 0.3 is 0 Å². The average Bonchev–Trinajstić information content (AvgIpc) is 2.81. The first-order valence-electron chi connectivity index (χ1n) is 10.6. The Bertz CT molecular complexity index is 1160. The number of amides is 3. The molecule has 0 unspecified atom stereocenters. The van der Waals surface area contributed by atoms with Gasteiger partial charge in [-0.2, -0.15) is 0 Å². The summed E-state index contributed by atoms with van der Waals surface area (Å²) < 4.78 is 5.39. The number of hydrogen-bond donors (Lipinski definition) is 4. The van der Waals surface area contributed by atoms with Crippen LogP contribution >= 0.6 is 11.6 Å². The molecule has 0 aromatic heterocycles. The Kier molecular flexibility index (Phi) is 8.48. The highest BCUT2D eigenvalue weighted by Crippen LogP contribution is 2.25. The molecule has 0 saturated carbocycles. The van der Waals surface area contributed by atoms with Gasteiger partial charge in [-0.1, -0.05) is 11.6 Å². The largest absolute Gasteiger partial charge is 0.494 e. The fourth-order valence-corrected chi connectivity index (χ4v) is 3.22. The lowest BCUT2D eigenvalue weighted by molar-refractivity contribution is -0.115. The van der Waals surface area contributed by atoms with Gasteiger partial charge < -0.3 is 26.0 Å². The summed E-state index contributed by atoms with van der Waals surface area (Å²) in [6, 6.07) is 18.6. The van der Waals surface area contributed by atoms with Gasteiger partial charge in [-0.15, -0.1) is 0 Å². The summed E-state index contributed by atoms with van der Waals surface area (Å²) in [5.74, 6) is -0.0367. The highest BCUT2D eigenvalue weighted by Gasteiger charge is 2.09. The molecule has 3 amide bonds. The number of anilines is 4. The maximum atomic E-state index is 12.5. The van der Waals surface area contributed by atoms with Crippen molar-refractivity contribution in [1.82, 2.24) is 0 Å². The first-order valence-corrected chi connectivity index (χ1v) is 11.0. The van der Waals surface area contributed by atoms with Crippen LogP contribution in [0.25, 0.3) is 0 Å². The SMILES string of the molecule is CCOc1ccc(NC(=O)c2ccc(NC(=O)CNc3cc(NC(C)=O)ccc3Cl)cc2)cc1. The van der Waals surface area contributed by atoms with Crippen molar-refractivity contribution in [2.45, 2.75) is 13.8 Å². The predicted molar refractivity (Wildman–Crippen MR) is 135 cm³/mol. The number of carbonyl (C=O) groups is 3. The van der Waals surface area contributed by atoms with Gasteiger partial charge in [-0.25, -0.2) is 0 Å². The average molecular weight is 481 g/mol. The number of ether oxygens (including phenoxy) is 1. The van der Waals surface area contributed by atoms with Gasteiger partial charge in [-0.05, 0) is 73.7 Å². The zero-order valence-electron chi connectivity index (χ0n) is 18.8. The molecule has 0 aliphatic heterocycles. The maximum absolute atomic E-state index is 12.5. The molecule has 0 fully saturated rings. The Labute approximate surface area is 202 Å². The molecule has 0 bridgehead atoms. The molecule has 0 radical (unpaired) electrons. The van der Waals surface area contributed by atoms with Crippen LogP contribution in [-0.2, 0) is 9.59 Å². The summed E-state index contributed by atoms with van der Waals surface area (Å²) >= 11 is 6.15. The summed E-state index contributed by atoms with van der Waals surface area (Å²) in [4.78, 5) is 36.0. The fourth-order valence-electron chi connectivity index (χ4n) is 3.03. The quantitative estimate of drug-likeness (QED) is 0.344. The Morgan fingerprint density at radius 1 is 0.824 bits per heavy atom. The highest BCUT2D eigenvalue weighted by molar-refractivity contribution is 6.33. The molecule has 3 rings (SSSR count). The molecule has 0 heterocycles. The van der Waals surface area contributed by atoms with Crippen molar-refractivity contribution >= 4 is 52.1 Å². The molecule has 176 valence electrons. The summed E-state index contributed by atoms with van der Waals surface area (Å²) in [7, 11) is 0. The molecule has 0 spiro atoms. The van der Waals surface area contributed by atoms with Crippen LogP contribution in [0.3, 0.4) is 0 Å². The van der Waals surface area contributed by atoms with Crippen molar-refractivity contribution < 1.29 is 19.1 Å². The van der Waals surface area contributed by atoms with Crippen LogP contribution in [0.4, 0.5) is 22.7 Å². The molecule has 3 aromatic carbocycles. The van der Waals surface area contributed by atoms with E-state index in [1.54, 1.807) is 66.7 Å². The number of carbonyl (C=O) groups excluding carboxylic acids is 3. The maximum Gasteiger partial charge on any atom is 0.255 e. The minimum Gasteiger partial charge on any atom is -0.494 e. The van der Waals surface area contributed by atoms with Crippen molar-refractivity contribution in [3.8, 4) is 5.75 Å². The normalized spacial score (nSPS) is 10.2. The minimum atomic E-state index is -0.299. The van der Waals surface area contributed by atoms with Crippen LogP contribution in [0.5, 0.6) is 5.75 Å². The molecule has 34 heavy (non-hydrogen) atoms. The molecule has 0 atom stereocenters. The monoisotopic (exact) mass is 480 g/mol. The van der Waals surface area contributed by atoms with E-state index in [0.29, 0.717) is 39.9 Å². The summed E-state index contributed by atoms with van der Waals surface area (Å²) in [6.45, 7) is 3.85. The van der Waals surface area contributed by atoms with Gasteiger partial charge in [0.2, 0.25) is 11.8 Å². The van der Waals surface area contributed by atoms with E-state index in [0.717, 1.165) is 5.75 Å². The first kappa shape index (κ1) is 24.6. The van der Waals surface area contributed by atoms with E-state index in [-0.39, 0.29) is 24.3 Å². The highest BCUT2D eigenvalue weighted by atomic mass is 35.5. The lowest BCUT2D eigenvalue weighted by Gasteiger charge is -2.11. The summed E-state index contributed by atoms with van der Waals surface area (Å²) in [5, 5.41) is 11.6. The first-order chi connectivity index (χ1) is 16.3. The van der Waals surface area contributed by atoms with E-state index in [2.05, 4.69) is 21.3 Å². The van der Waals surface area contributed by atoms with Crippen molar-refractivity contribution in [2.75, 3.05) is 34.4 Å². The number of rotatable bonds is 9. The Hall–Kier alpha value is -4.04. The minimum absolute atomic E-state index is 0.0385. The third-order valence-corrected chi connectivity index (χ3v) is 4.91. The van der Waals surface area contributed by atoms with Crippen molar-refractivity contribution in [3.63, 3.8) is 0 Å². The van der Waals surface area contributed by atoms with Crippen LogP contribution < -0.4 is 26.0 Å². The number of benzene rings is 3. The van der Waals surface area contributed by atoms with Gasteiger partial charge in [-0.3, -0.25) is 14.4 Å². The molecular formula is C25H25ClN4O4. The van der Waals surface area contributed by atoms with Crippen LogP contribution in [0.2, 0.25) is 5.02 Å². The van der Waals surface area contributed by atoms with Gasteiger partial charge in [0.15, 0.2) is 0 Å². The molecule has 4 N–H and O–H groups in total. The fraction of sp³-hybridized carbons (Fsp3) is 0.160. The molecule has 9 heteroatoms. The lowest BCUT2D eigenvalue weighted by atomic mass is 10.2. The van der Waals surface area contributed by atoms with Crippen LogP contribution in [0.1, 0.15) is 24.2 Å².